The highest BCUT2D eigenvalue weighted by atomic mass is 32.2. The standard InChI is InChI=1S/C9H17N3O2S/c1-3-12-5-4-11-9(12)6-8(10)7-15(2,13)14/h4-5,8H,3,6-7,10H2,1-2H3. The Morgan fingerprint density at radius 1 is 1.60 bits per heavy atom. The van der Waals surface area contributed by atoms with Crippen LogP contribution in [0.5, 0.6) is 0 Å². The molecule has 5 nitrogen and oxygen atoms in total. The average molecular weight is 231 g/mol. The fourth-order valence-electron chi connectivity index (χ4n) is 1.50. The summed E-state index contributed by atoms with van der Waals surface area (Å²) >= 11 is 0. The van der Waals surface area contributed by atoms with Crippen molar-refractivity contribution in [1.82, 2.24) is 9.55 Å². The number of hydrogen-bond donors (Lipinski definition) is 1. The number of nitrogens with zero attached hydrogens (tertiary/aromatic N) is 2. The van der Waals surface area contributed by atoms with E-state index in [4.69, 9.17) is 5.73 Å². The van der Waals surface area contributed by atoms with Gasteiger partial charge in [-0.05, 0) is 6.92 Å². The first-order valence-corrected chi connectivity index (χ1v) is 6.91. The Morgan fingerprint density at radius 2 is 2.27 bits per heavy atom. The maximum atomic E-state index is 11.0. The second-order valence-corrected chi connectivity index (χ2v) is 5.87. The molecule has 0 aromatic carbocycles. The number of sulfone groups is 1. The average Bonchev–Trinajstić information content (AvgIpc) is 2.48. The fourth-order valence-corrected chi connectivity index (χ4v) is 2.40. The van der Waals surface area contributed by atoms with Crippen LogP contribution < -0.4 is 5.73 Å². The van der Waals surface area contributed by atoms with E-state index in [1.807, 2.05) is 17.7 Å². The molecule has 0 aliphatic rings. The van der Waals surface area contributed by atoms with Crippen LogP contribution in [-0.2, 0) is 22.8 Å². The molecular weight excluding hydrogens is 214 g/mol. The van der Waals surface area contributed by atoms with Crippen molar-refractivity contribution in [3.05, 3.63) is 18.2 Å². The van der Waals surface area contributed by atoms with Crippen LogP contribution in [0.1, 0.15) is 12.7 Å². The predicted molar refractivity (Wildman–Crippen MR) is 59.3 cm³/mol. The zero-order valence-corrected chi connectivity index (χ0v) is 9.87. The Balaban J connectivity index is 2.62. The molecule has 1 rings (SSSR count). The van der Waals surface area contributed by atoms with E-state index in [1.54, 1.807) is 6.20 Å². The molecule has 86 valence electrons. The lowest BCUT2D eigenvalue weighted by molar-refractivity contribution is 0.584. The van der Waals surface area contributed by atoms with E-state index in [9.17, 15) is 8.42 Å². The molecule has 1 unspecified atom stereocenters. The Morgan fingerprint density at radius 3 is 2.80 bits per heavy atom. The van der Waals surface area contributed by atoms with Crippen LogP contribution in [0.15, 0.2) is 12.4 Å². The van der Waals surface area contributed by atoms with Crippen molar-refractivity contribution in [3.63, 3.8) is 0 Å². The van der Waals surface area contributed by atoms with Crippen LogP contribution in [0.2, 0.25) is 0 Å². The Kier molecular flexibility index (Phi) is 3.87. The molecule has 0 amide bonds. The molecule has 0 spiro atoms. The van der Waals surface area contributed by atoms with Gasteiger partial charge in [0.15, 0.2) is 0 Å². The highest BCUT2D eigenvalue weighted by Crippen LogP contribution is 2.02. The number of hydrogen-bond acceptors (Lipinski definition) is 4. The molecule has 0 bridgehead atoms. The van der Waals surface area contributed by atoms with Gasteiger partial charge in [-0.15, -0.1) is 0 Å². The molecule has 6 heteroatoms. The normalized spacial score (nSPS) is 14.1. The van der Waals surface area contributed by atoms with E-state index in [2.05, 4.69) is 4.98 Å². The quantitative estimate of drug-likeness (QED) is 0.762. The van der Waals surface area contributed by atoms with Crippen LogP contribution >= 0.6 is 0 Å². The van der Waals surface area contributed by atoms with Crippen molar-refractivity contribution in [2.45, 2.75) is 25.9 Å². The van der Waals surface area contributed by atoms with Crippen LogP contribution in [0.3, 0.4) is 0 Å². The molecule has 0 aliphatic carbocycles. The van der Waals surface area contributed by atoms with E-state index in [1.165, 1.54) is 6.26 Å². The summed E-state index contributed by atoms with van der Waals surface area (Å²) < 4.78 is 24.0. The highest BCUT2D eigenvalue weighted by Gasteiger charge is 2.13. The summed E-state index contributed by atoms with van der Waals surface area (Å²) in [5.41, 5.74) is 5.74. The molecule has 1 aromatic heterocycles. The minimum absolute atomic E-state index is 0.00355. The van der Waals surface area contributed by atoms with Gasteiger partial charge in [-0.1, -0.05) is 0 Å². The van der Waals surface area contributed by atoms with Crippen LogP contribution in [0.4, 0.5) is 0 Å². The van der Waals surface area contributed by atoms with Crippen molar-refractivity contribution in [1.29, 1.82) is 0 Å². The van der Waals surface area contributed by atoms with E-state index < -0.39 is 9.84 Å². The second kappa shape index (κ2) is 4.76. The van der Waals surface area contributed by atoms with E-state index in [-0.39, 0.29) is 11.8 Å². The van der Waals surface area contributed by atoms with E-state index in [0.717, 1.165) is 12.4 Å². The third-order valence-corrected chi connectivity index (χ3v) is 3.14. The minimum atomic E-state index is -3.01. The summed E-state index contributed by atoms with van der Waals surface area (Å²) in [6, 6.07) is -0.382. The first-order chi connectivity index (χ1) is 6.92. The Hall–Kier alpha value is -0.880. The van der Waals surface area contributed by atoms with Gasteiger partial charge in [0, 0.05) is 37.7 Å². The van der Waals surface area contributed by atoms with Crippen LogP contribution in [-0.4, -0.2) is 36.0 Å². The summed E-state index contributed by atoms with van der Waals surface area (Å²) in [5.74, 6) is 0.845. The van der Waals surface area contributed by atoms with Gasteiger partial charge in [-0.3, -0.25) is 0 Å². The fraction of sp³-hybridized carbons (Fsp3) is 0.667. The second-order valence-electron chi connectivity index (χ2n) is 3.69. The van der Waals surface area contributed by atoms with Gasteiger partial charge < -0.3 is 10.3 Å². The van der Waals surface area contributed by atoms with Crippen molar-refractivity contribution in [2.75, 3.05) is 12.0 Å². The summed E-state index contributed by atoms with van der Waals surface area (Å²) in [5, 5.41) is 0. The molecule has 15 heavy (non-hydrogen) atoms. The third-order valence-electron chi connectivity index (χ3n) is 2.10. The lowest BCUT2D eigenvalue weighted by atomic mass is 10.2. The molecule has 1 atom stereocenters. The molecule has 1 aromatic rings. The maximum absolute atomic E-state index is 11.0. The molecule has 0 saturated carbocycles. The van der Waals surface area contributed by atoms with Gasteiger partial charge in [0.25, 0.3) is 0 Å². The summed E-state index contributed by atoms with van der Waals surface area (Å²) in [6.07, 6.45) is 5.25. The summed E-state index contributed by atoms with van der Waals surface area (Å²) in [4.78, 5) is 4.15. The molecule has 0 fully saturated rings. The number of aryl methyl sites for hydroxylation is 1. The number of imidazole rings is 1. The SMILES string of the molecule is CCn1ccnc1CC(N)CS(C)(=O)=O. The van der Waals surface area contributed by atoms with Crippen molar-refractivity contribution >= 4 is 9.84 Å². The van der Waals surface area contributed by atoms with Gasteiger partial charge in [0.1, 0.15) is 15.7 Å². The van der Waals surface area contributed by atoms with Crippen molar-refractivity contribution < 1.29 is 8.42 Å². The molecule has 1 heterocycles. The first kappa shape index (κ1) is 12.2. The molecule has 2 N–H and O–H groups in total. The molecular formula is C9H17N3O2S. The lowest BCUT2D eigenvalue weighted by Gasteiger charge is -2.10. The summed E-state index contributed by atoms with van der Waals surface area (Å²) in [7, 11) is -3.01. The zero-order chi connectivity index (χ0) is 11.5. The highest BCUT2D eigenvalue weighted by molar-refractivity contribution is 7.90. The number of aromatic nitrogens is 2. The van der Waals surface area contributed by atoms with Crippen LogP contribution in [0, 0.1) is 0 Å². The first-order valence-electron chi connectivity index (χ1n) is 4.85. The van der Waals surface area contributed by atoms with Gasteiger partial charge in [-0.25, -0.2) is 13.4 Å². The number of rotatable bonds is 5. The zero-order valence-electron chi connectivity index (χ0n) is 9.05. The minimum Gasteiger partial charge on any atom is -0.335 e. The largest absolute Gasteiger partial charge is 0.335 e. The van der Waals surface area contributed by atoms with Crippen molar-refractivity contribution in [2.24, 2.45) is 5.73 Å². The lowest BCUT2D eigenvalue weighted by Crippen LogP contribution is -2.32. The van der Waals surface area contributed by atoms with Gasteiger partial charge in [-0.2, -0.15) is 0 Å². The topological polar surface area (TPSA) is 78.0 Å². The molecule has 0 saturated heterocycles. The predicted octanol–water partition coefficient (Wildman–Crippen LogP) is -0.183. The molecule has 0 radical (unpaired) electrons. The van der Waals surface area contributed by atoms with Gasteiger partial charge in [0.2, 0.25) is 0 Å². The van der Waals surface area contributed by atoms with Crippen molar-refractivity contribution in [3.8, 4) is 0 Å². The van der Waals surface area contributed by atoms with E-state index >= 15 is 0 Å². The molecule has 0 aliphatic heterocycles. The Bertz CT molecular complexity index is 411. The monoisotopic (exact) mass is 231 g/mol. The Labute approximate surface area is 90.2 Å². The third kappa shape index (κ3) is 4.01. The smallest absolute Gasteiger partial charge is 0.148 e. The number of nitrogens with two attached hydrogens (primary N) is 1. The summed E-state index contributed by atoms with van der Waals surface area (Å²) in [6.45, 7) is 2.83. The van der Waals surface area contributed by atoms with Gasteiger partial charge >= 0.3 is 0 Å². The maximum Gasteiger partial charge on any atom is 0.148 e. The van der Waals surface area contributed by atoms with E-state index in [0.29, 0.717) is 6.42 Å². The van der Waals surface area contributed by atoms with Gasteiger partial charge in [0.05, 0.1) is 5.75 Å². The van der Waals surface area contributed by atoms with Crippen LogP contribution in [0.25, 0.3) is 0 Å².